The zero-order valence-corrected chi connectivity index (χ0v) is 16.7. The summed E-state index contributed by atoms with van der Waals surface area (Å²) in [6, 6.07) is 10.7. The highest BCUT2D eigenvalue weighted by molar-refractivity contribution is 6.36. The van der Waals surface area contributed by atoms with Crippen LogP contribution in [0, 0.1) is 0 Å². The predicted molar refractivity (Wildman–Crippen MR) is 107 cm³/mol. The van der Waals surface area contributed by atoms with E-state index in [1.807, 2.05) is 0 Å². The lowest BCUT2D eigenvalue weighted by Gasteiger charge is -2.15. The van der Waals surface area contributed by atoms with Crippen molar-refractivity contribution in [3.8, 4) is 0 Å². The maximum atomic E-state index is 13.0. The number of rotatable bonds is 7. The van der Waals surface area contributed by atoms with Crippen LogP contribution in [-0.2, 0) is 20.5 Å². The van der Waals surface area contributed by atoms with E-state index in [0.29, 0.717) is 23.6 Å². The Kier molecular flexibility index (Phi) is 6.48. The quantitative estimate of drug-likeness (QED) is 0.507. The van der Waals surface area contributed by atoms with Crippen molar-refractivity contribution in [2.75, 3.05) is 25.6 Å². The third-order valence-electron chi connectivity index (χ3n) is 4.49. The van der Waals surface area contributed by atoms with Crippen LogP contribution < -0.4 is 5.32 Å². The van der Waals surface area contributed by atoms with E-state index in [-0.39, 0.29) is 23.5 Å². The third kappa shape index (κ3) is 4.66. The lowest BCUT2D eigenvalue weighted by molar-refractivity contribution is -0.138. The summed E-state index contributed by atoms with van der Waals surface area (Å²) in [6.45, 7) is 0.472. The Morgan fingerprint density at radius 2 is 1.77 bits per heavy atom. The van der Waals surface area contributed by atoms with Crippen molar-refractivity contribution in [2.24, 2.45) is 0 Å². The van der Waals surface area contributed by atoms with Crippen LogP contribution in [-0.4, -0.2) is 37.0 Å². The van der Waals surface area contributed by atoms with E-state index >= 15 is 0 Å². The van der Waals surface area contributed by atoms with Crippen LogP contribution >= 0.6 is 11.6 Å². The number of carbonyl (C=O) groups excluding carboxylic acids is 2. The van der Waals surface area contributed by atoms with E-state index in [2.05, 4.69) is 5.32 Å². The highest BCUT2D eigenvalue weighted by atomic mass is 35.5. The molecule has 2 amide bonds. The minimum atomic E-state index is -4.53. The maximum absolute atomic E-state index is 13.0. The number of nitrogens with one attached hydrogen (secondary N) is 1. The van der Waals surface area contributed by atoms with Crippen LogP contribution in [0.25, 0.3) is 5.57 Å². The molecule has 0 atom stereocenters. The van der Waals surface area contributed by atoms with E-state index in [4.69, 9.17) is 16.3 Å². The van der Waals surface area contributed by atoms with Crippen molar-refractivity contribution >= 4 is 34.7 Å². The summed E-state index contributed by atoms with van der Waals surface area (Å²) in [7, 11) is 1.51. The molecule has 2 aromatic rings. The number of anilines is 1. The molecule has 0 saturated carbocycles. The second kappa shape index (κ2) is 8.89. The molecule has 0 saturated heterocycles. The summed E-state index contributed by atoms with van der Waals surface area (Å²) >= 11 is 5.91. The number of imide groups is 1. The summed E-state index contributed by atoms with van der Waals surface area (Å²) in [6.07, 6.45) is -4.11. The number of halogens is 4. The van der Waals surface area contributed by atoms with Gasteiger partial charge in [0, 0.05) is 31.0 Å². The van der Waals surface area contributed by atoms with Crippen molar-refractivity contribution in [3.63, 3.8) is 0 Å². The van der Waals surface area contributed by atoms with Gasteiger partial charge in [0.15, 0.2) is 0 Å². The van der Waals surface area contributed by atoms with E-state index < -0.39 is 23.6 Å². The van der Waals surface area contributed by atoms with Gasteiger partial charge in [-0.1, -0.05) is 29.8 Å². The number of benzene rings is 2. The van der Waals surface area contributed by atoms with Crippen molar-refractivity contribution in [2.45, 2.75) is 12.6 Å². The van der Waals surface area contributed by atoms with Crippen LogP contribution in [0.2, 0.25) is 5.02 Å². The molecule has 1 aliphatic heterocycles. The summed E-state index contributed by atoms with van der Waals surface area (Å²) in [5.41, 5.74) is -0.395. The second-order valence-corrected chi connectivity index (χ2v) is 7.01. The molecule has 0 unspecified atom stereocenters. The molecule has 1 N–H and O–H groups in total. The molecule has 2 aromatic carbocycles. The van der Waals surface area contributed by atoms with Crippen LogP contribution in [0.15, 0.2) is 54.2 Å². The first-order chi connectivity index (χ1) is 14.2. The third-order valence-corrected chi connectivity index (χ3v) is 4.74. The Balaban J connectivity index is 2.00. The van der Waals surface area contributed by atoms with E-state index in [1.165, 1.54) is 19.2 Å². The molecule has 1 aliphatic rings. The van der Waals surface area contributed by atoms with E-state index in [9.17, 15) is 22.8 Å². The second-order valence-electron chi connectivity index (χ2n) is 6.57. The minimum Gasteiger partial charge on any atom is -0.385 e. The van der Waals surface area contributed by atoms with Crippen LogP contribution in [0.3, 0.4) is 0 Å². The Labute approximate surface area is 176 Å². The Bertz CT molecular complexity index is 988. The van der Waals surface area contributed by atoms with Crippen molar-refractivity contribution in [3.05, 3.63) is 70.4 Å². The van der Waals surface area contributed by atoms with E-state index in [0.717, 1.165) is 17.0 Å². The first-order valence-corrected chi connectivity index (χ1v) is 9.40. The van der Waals surface area contributed by atoms with Crippen LogP contribution in [0.1, 0.15) is 17.5 Å². The number of hydrogen-bond donors (Lipinski definition) is 1. The monoisotopic (exact) mass is 438 g/mol. The molecule has 3 rings (SSSR count). The van der Waals surface area contributed by atoms with Gasteiger partial charge >= 0.3 is 6.18 Å². The molecule has 0 fully saturated rings. The van der Waals surface area contributed by atoms with E-state index in [1.54, 1.807) is 24.3 Å². The molecule has 0 radical (unpaired) electrons. The fourth-order valence-corrected chi connectivity index (χ4v) is 3.19. The molecule has 158 valence electrons. The molecule has 0 aromatic heterocycles. The van der Waals surface area contributed by atoms with Crippen molar-refractivity contribution in [1.82, 2.24) is 4.90 Å². The Morgan fingerprint density at radius 1 is 1.07 bits per heavy atom. The van der Waals surface area contributed by atoms with Gasteiger partial charge in [-0.25, -0.2) is 0 Å². The van der Waals surface area contributed by atoms with Crippen molar-refractivity contribution in [1.29, 1.82) is 0 Å². The van der Waals surface area contributed by atoms with Gasteiger partial charge in [-0.05, 0) is 42.3 Å². The number of carbonyl (C=O) groups is 2. The number of methoxy groups -OCH3 is 1. The lowest BCUT2D eigenvalue weighted by Crippen LogP contribution is -2.33. The van der Waals surface area contributed by atoms with Crippen molar-refractivity contribution < 1.29 is 27.5 Å². The summed E-state index contributed by atoms with van der Waals surface area (Å²) in [5, 5.41) is 3.17. The maximum Gasteiger partial charge on any atom is 0.416 e. The minimum absolute atomic E-state index is 0.0474. The van der Waals surface area contributed by atoms with Gasteiger partial charge in [-0.2, -0.15) is 13.2 Å². The lowest BCUT2D eigenvalue weighted by atomic mass is 10.0. The van der Waals surface area contributed by atoms with Crippen LogP contribution in [0.4, 0.5) is 18.9 Å². The highest BCUT2D eigenvalue weighted by Crippen LogP contribution is 2.34. The Hall–Kier alpha value is -2.84. The number of ether oxygens (including phenoxy) is 1. The standard InChI is InChI=1S/C21H18ClF3N2O3/c1-30-11-3-10-27-19(28)17(13-6-8-15(22)9-7-13)18(20(27)29)26-16-5-2-4-14(12-16)21(23,24)25/h2,4-9,12,26H,3,10-11H2,1H3. The van der Waals surface area contributed by atoms with Gasteiger partial charge in [0.2, 0.25) is 0 Å². The summed E-state index contributed by atoms with van der Waals surface area (Å²) < 4.78 is 44.1. The smallest absolute Gasteiger partial charge is 0.385 e. The molecule has 0 spiro atoms. The fraction of sp³-hybridized carbons (Fsp3) is 0.238. The molecule has 0 aliphatic carbocycles. The average Bonchev–Trinajstić information content (AvgIpc) is 2.93. The first kappa shape index (κ1) is 21.9. The largest absolute Gasteiger partial charge is 0.416 e. The molecule has 9 heteroatoms. The zero-order valence-electron chi connectivity index (χ0n) is 15.9. The first-order valence-electron chi connectivity index (χ1n) is 9.02. The number of nitrogens with zero attached hydrogens (tertiary/aromatic N) is 1. The summed E-state index contributed by atoms with van der Waals surface area (Å²) in [4.78, 5) is 27.0. The molecule has 30 heavy (non-hydrogen) atoms. The highest BCUT2D eigenvalue weighted by Gasteiger charge is 2.39. The number of alkyl halides is 3. The molecule has 5 nitrogen and oxygen atoms in total. The molecule has 0 bridgehead atoms. The predicted octanol–water partition coefficient (Wildman–Crippen LogP) is 4.59. The molecular weight excluding hydrogens is 421 g/mol. The number of hydrogen-bond acceptors (Lipinski definition) is 4. The van der Waals surface area contributed by atoms with Gasteiger partial charge in [0.1, 0.15) is 5.70 Å². The van der Waals surface area contributed by atoms with Gasteiger partial charge < -0.3 is 10.1 Å². The van der Waals surface area contributed by atoms with Gasteiger partial charge in [-0.15, -0.1) is 0 Å². The normalized spacial score (nSPS) is 14.6. The SMILES string of the molecule is COCCCN1C(=O)C(Nc2cccc(C(F)(F)F)c2)=C(c2ccc(Cl)cc2)C1=O. The molecule has 1 heterocycles. The average molecular weight is 439 g/mol. The van der Waals surface area contributed by atoms with Gasteiger partial charge in [0.25, 0.3) is 11.8 Å². The van der Waals surface area contributed by atoms with Gasteiger partial charge in [-0.3, -0.25) is 14.5 Å². The topological polar surface area (TPSA) is 58.6 Å². The number of amides is 2. The van der Waals surface area contributed by atoms with Gasteiger partial charge in [0.05, 0.1) is 11.1 Å². The van der Waals surface area contributed by atoms with Crippen LogP contribution in [0.5, 0.6) is 0 Å². The fourth-order valence-electron chi connectivity index (χ4n) is 3.06. The summed E-state index contributed by atoms with van der Waals surface area (Å²) in [5.74, 6) is -1.15. The Morgan fingerprint density at radius 3 is 2.40 bits per heavy atom. The zero-order chi connectivity index (χ0) is 21.9. The molecular formula is C21H18ClF3N2O3.